The molecule has 6 nitrogen and oxygen atoms in total. The molecule has 172 valence electrons. The van der Waals surface area contributed by atoms with Crippen LogP contribution in [0.5, 0.6) is 0 Å². The monoisotopic (exact) mass is 476 g/mol. The first-order valence-electron chi connectivity index (χ1n) is 9.79. The Morgan fingerprint density at radius 1 is 1.12 bits per heavy atom. The van der Waals surface area contributed by atoms with Crippen molar-refractivity contribution in [3.8, 4) is 0 Å². The van der Waals surface area contributed by atoms with Gasteiger partial charge in [0.1, 0.15) is 5.15 Å². The van der Waals surface area contributed by atoms with Crippen molar-refractivity contribution in [2.45, 2.75) is 26.6 Å². The molecule has 3 aromatic rings. The van der Waals surface area contributed by atoms with E-state index >= 15 is 0 Å². The van der Waals surface area contributed by atoms with Crippen LogP contribution in [0.15, 0.2) is 54.6 Å². The van der Waals surface area contributed by atoms with E-state index in [0.717, 1.165) is 23.8 Å². The van der Waals surface area contributed by atoms with Gasteiger partial charge in [-0.25, -0.2) is 4.68 Å². The van der Waals surface area contributed by atoms with Gasteiger partial charge in [-0.15, -0.1) is 0 Å². The van der Waals surface area contributed by atoms with Crippen LogP contribution in [-0.2, 0) is 22.3 Å². The zero-order valence-corrected chi connectivity index (χ0v) is 18.5. The number of hydrogen-bond acceptors (Lipinski definition) is 3. The molecule has 0 aliphatic rings. The van der Waals surface area contributed by atoms with Gasteiger partial charge in [-0.2, -0.15) is 18.3 Å². The lowest BCUT2D eigenvalue weighted by molar-refractivity contribution is -0.137. The SMILES string of the molecule is CC(=O)Nc1ccc(NC(=O)/C=C/c2c(C)nn(Cc3ccccc3)c2Cl)c(C(F)(F)F)c1. The Hall–Kier alpha value is -3.59. The number of nitrogens with zero attached hydrogens (tertiary/aromatic N) is 2. The molecule has 0 fully saturated rings. The van der Waals surface area contributed by atoms with Gasteiger partial charge in [0.05, 0.1) is 23.5 Å². The van der Waals surface area contributed by atoms with Crippen molar-refractivity contribution in [3.05, 3.63) is 82.1 Å². The fourth-order valence-electron chi connectivity index (χ4n) is 3.12. The third-order valence-corrected chi connectivity index (χ3v) is 4.99. The maximum absolute atomic E-state index is 13.4. The smallest absolute Gasteiger partial charge is 0.326 e. The first-order valence-corrected chi connectivity index (χ1v) is 10.2. The van der Waals surface area contributed by atoms with Crippen molar-refractivity contribution >= 4 is 40.9 Å². The molecule has 0 saturated heterocycles. The third-order valence-electron chi connectivity index (χ3n) is 4.59. The van der Waals surface area contributed by atoms with Crippen LogP contribution >= 0.6 is 11.6 Å². The van der Waals surface area contributed by atoms with Gasteiger partial charge in [0.15, 0.2) is 0 Å². The summed E-state index contributed by atoms with van der Waals surface area (Å²) in [5.41, 5.74) is 0.485. The predicted octanol–water partition coefficient (Wildman–Crippen LogP) is 5.52. The van der Waals surface area contributed by atoms with E-state index < -0.39 is 29.2 Å². The number of hydrogen-bond donors (Lipinski definition) is 2. The number of amides is 2. The number of alkyl halides is 3. The zero-order valence-electron chi connectivity index (χ0n) is 17.7. The second kappa shape index (κ2) is 9.91. The quantitative estimate of drug-likeness (QED) is 0.460. The highest BCUT2D eigenvalue weighted by molar-refractivity contribution is 6.31. The molecule has 1 heterocycles. The number of nitrogens with one attached hydrogen (secondary N) is 2. The molecular formula is C23H20ClF3N4O2. The van der Waals surface area contributed by atoms with E-state index in [4.69, 9.17) is 11.6 Å². The number of carbonyl (C=O) groups excluding carboxylic acids is 2. The molecule has 0 aliphatic heterocycles. The van der Waals surface area contributed by atoms with Crippen molar-refractivity contribution in [2.75, 3.05) is 10.6 Å². The summed E-state index contributed by atoms with van der Waals surface area (Å²) in [5, 5.41) is 9.18. The fourth-order valence-corrected chi connectivity index (χ4v) is 3.42. The molecule has 1 aromatic heterocycles. The first-order chi connectivity index (χ1) is 15.5. The summed E-state index contributed by atoms with van der Waals surface area (Å²) in [7, 11) is 0. The predicted molar refractivity (Wildman–Crippen MR) is 121 cm³/mol. The maximum Gasteiger partial charge on any atom is 0.418 e. The van der Waals surface area contributed by atoms with Gasteiger partial charge in [0, 0.05) is 24.3 Å². The number of rotatable bonds is 6. The number of benzene rings is 2. The molecule has 33 heavy (non-hydrogen) atoms. The lowest BCUT2D eigenvalue weighted by Gasteiger charge is -2.15. The summed E-state index contributed by atoms with van der Waals surface area (Å²) in [6.07, 6.45) is -2.25. The number of halogens is 4. The summed E-state index contributed by atoms with van der Waals surface area (Å²) in [6.45, 7) is 3.33. The van der Waals surface area contributed by atoms with Crippen molar-refractivity contribution in [1.82, 2.24) is 9.78 Å². The van der Waals surface area contributed by atoms with E-state index in [0.29, 0.717) is 23.0 Å². The first kappa shape index (κ1) is 24.1. The normalized spacial score (nSPS) is 11.6. The van der Waals surface area contributed by atoms with Crippen LogP contribution in [0, 0.1) is 6.92 Å². The van der Waals surface area contributed by atoms with E-state index in [1.54, 1.807) is 11.6 Å². The highest BCUT2D eigenvalue weighted by Crippen LogP contribution is 2.36. The molecule has 2 aromatic carbocycles. The molecule has 0 spiro atoms. The molecule has 0 unspecified atom stereocenters. The minimum Gasteiger partial charge on any atom is -0.326 e. The van der Waals surface area contributed by atoms with E-state index in [1.165, 1.54) is 19.1 Å². The van der Waals surface area contributed by atoms with Gasteiger partial charge in [0.2, 0.25) is 11.8 Å². The molecule has 0 aliphatic carbocycles. The Morgan fingerprint density at radius 2 is 1.82 bits per heavy atom. The highest BCUT2D eigenvalue weighted by Gasteiger charge is 2.34. The summed E-state index contributed by atoms with van der Waals surface area (Å²) in [6, 6.07) is 12.6. The molecule has 2 N–H and O–H groups in total. The molecule has 2 amide bonds. The van der Waals surface area contributed by atoms with Crippen LogP contribution in [-0.4, -0.2) is 21.6 Å². The highest BCUT2D eigenvalue weighted by atomic mass is 35.5. The average Bonchev–Trinajstić information content (AvgIpc) is 2.99. The van der Waals surface area contributed by atoms with Crippen LogP contribution in [0.3, 0.4) is 0 Å². The maximum atomic E-state index is 13.4. The van der Waals surface area contributed by atoms with Gasteiger partial charge in [-0.05, 0) is 36.8 Å². The Labute approximate surface area is 193 Å². The van der Waals surface area contributed by atoms with E-state index in [-0.39, 0.29) is 5.69 Å². The zero-order chi connectivity index (χ0) is 24.2. The van der Waals surface area contributed by atoms with Gasteiger partial charge in [0.25, 0.3) is 0 Å². The Morgan fingerprint density at radius 3 is 2.45 bits per heavy atom. The Bertz CT molecular complexity index is 1200. The summed E-state index contributed by atoms with van der Waals surface area (Å²) in [4.78, 5) is 23.5. The molecular weight excluding hydrogens is 457 g/mol. The molecule has 10 heteroatoms. The number of anilines is 2. The molecule has 0 saturated carbocycles. The van der Waals surface area contributed by atoms with Gasteiger partial charge in [-0.3, -0.25) is 9.59 Å². The van der Waals surface area contributed by atoms with Gasteiger partial charge in [-0.1, -0.05) is 41.9 Å². The van der Waals surface area contributed by atoms with Crippen LogP contribution in [0.2, 0.25) is 5.15 Å². The standard InChI is InChI=1S/C23H20ClF3N4O2/c1-14-18(22(24)31(30-14)13-16-6-4-3-5-7-16)9-11-21(33)29-20-10-8-17(28-15(2)32)12-19(20)23(25,26)27/h3-12H,13H2,1-2H3,(H,28,32)(H,29,33)/b11-9+. The van der Waals surface area contributed by atoms with E-state index in [9.17, 15) is 22.8 Å². The van der Waals surface area contributed by atoms with Crippen molar-refractivity contribution in [3.63, 3.8) is 0 Å². The second-order valence-electron chi connectivity index (χ2n) is 7.20. The largest absolute Gasteiger partial charge is 0.418 e. The topological polar surface area (TPSA) is 76.0 Å². The Kier molecular flexibility index (Phi) is 7.23. The van der Waals surface area contributed by atoms with Gasteiger partial charge < -0.3 is 10.6 Å². The summed E-state index contributed by atoms with van der Waals surface area (Å²) in [5.74, 6) is -1.29. The van der Waals surface area contributed by atoms with Crippen molar-refractivity contribution in [2.24, 2.45) is 0 Å². The molecule has 0 bridgehead atoms. The summed E-state index contributed by atoms with van der Waals surface area (Å²) < 4.78 is 41.9. The number of aromatic nitrogens is 2. The van der Waals surface area contributed by atoms with E-state index in [1.807, 2.05) is 30.3 Å². The molecule has 3 rings (SSSR count). The van der Waals surface area contributed by atoms with Crippen molar-refractivity contribution in [1.29, 1.82) is 0 Å². The lowest BCUT2D eigenvalue weighted by atomic mass is 10.1. The van der Waals surface area contributed by atoms with Crippen LogP contribution in [0.1, 0.15) is 29.3 Å². The minimum atomic E-state index is -4.74. The number of aryl methyl sites for hydroxylation is 1. The van der Waals surface area contributed by atoms with Crippen molar-refractivity contribution < 1.29 is 22.8 Å². The molecule has 0 atom stereocenters. The fraction of sp³-hybridized carbons (Fsp3) is 0.174. The number of carbonyl (C=O) groups is 2. The lowest BCUT2D eigenvalue weighted by Crippen LogP contribution is -2.16. The average molecular weight is 477 g/mol. The summed E-state index contributed by atoms with van der Waals surface area (Å²) >= 11 is 6.40. The molecule has 0 radical (unpaired) electrons. The third kappa shape index (κ3) is 6.23. The second-order valence-corrected chi connectivity index (χ2v) is 7.55. The van der Waals surface area contributed by atoms with Crippen LogP contribution in [0.25, 0.3) is 6.08 Å². The van der Waals surface area contributed by atoms with Crippen LogP contribution in [0.4, 0.5) is 24.5 Å². The van der Waals surface area contributed by atoms with Gasteiger partial charge >= 0.3 is 6.18 Å². The van der Waals surface area contributed by atoms with Crippen LogP contribution < -0.4 is 10.6 Å². The Balaban J connectivity index is 1.78. The van der Waals surface area contributed by atoms with E-state index in [2.05, 4.69) is 15.7 Å². The minimum absolute atomic E-state index is 0.0309.